The first-order valence-corrected chi connectivity index (χ1v) is 9.76. The minimum absolute atomic E-state index is 0.134. The second kappa shape index (κ2) is 6.35. The second-order valence-corrected chi connectivity index (χ2v) is 9.22. The van der Waals surface area contributed by atoms with E-state index < -0.39 is 0 Å². The lowest BCUT2D eigenvalue weighted by molar-refractivity contribution is -0.152. The number of hydrogen-bond donors (Lipinski definition) is 0. The fourth-order valence-electron chi connectivity index (χ4n) is 6.14. The van der Waals surface area contributed by atoms with Gasteiger partial charge in [-0.2, -0.15) is 0 Å². The first kappa shape index (κ1) is 17.8. The molecule has 0 radical (unpaired) electrons. The molecule has 0 N–H and O–H groups in total. The van der Waals surface area contributed by atoms with Crippen LogP contribution in [0.5, 0.6) is 0 Å². The van der Waals surface area contributed by atoms with Crippen LogP contribution in [-0.4, -0.2) is 12.6 Å². The number of ether oxygens (including phenoxy) is 1. The molecule has 0 heterocycles. The molecule has 134 valence electrons. The normalized spacial score (nSPS) is 38.7. The van der Waals surface area contributed by atoms with Gasteiger partial charge in [0.1, 0.15) is 0 Å². The Balaban J connectivity index is 1.89. The van der Waals surface area contributed by atoms with Gasteiger partial charge in [-0.1, -0.05) is 37.5 Å². The van der Waals surface area contributed by atoms with Gasteiger partial charge in [0.15, 0.2) is 0 Å². The van der Waals surface area contributed by atoms with Crippen LogP contribution >= 0.6 is 0 Å². The highest BCUT2D eigenvalue weighted by Gasteiger charge is 2.55. The Hall–Kier alpha value is -1.05. The number of esters is 1. The molecule has 0 aliphatic heterocycles. The summed E-state index contributed by atoms with van der Waals surface area (Å²) in [7, 11) is 0. The van der Waals surface area contributed by atoms with Gasteiger partial charge in [-0.3, -0.25) is 4.79 Å². The minimum atomic E-state index is -0.134. The summed E-state index contributed by atoms with van der Waals surface area (Å²) in [5, 5.41) is 0. The van der Waals surface area contributed by atoms with Gasteiger partial charge in [-0.25, -0.2) is 0 Å². The van der Waals surface area contributed by atoms with Crippen molar-refractivity contribution >= 4 is 5.97 Å². The van der Waals surface area contributed by atoms with E-state index in [0.29, 0.717) is 17.9 Å². The van der Waals surface area contributed by atoms with Crippen molar-refractivity contribution in [2.75, 3.05) is 6.61 Å². The molecule has 3 aliphatic rings. The molecule has 2 fully saturated rings. The molecule has 0 bridgehead atoms. The number of hydrogen-bond acceptors (Lipinski definition) is 2. The van der Waals surface area contributed by atoms with E-state index in [4.69, 9.17) is 4.74 Å². The van der Waals surface area contributed by atoms with Crippen molar-refractivity contribution in [3.05, 3.63) is 22.8 Å². The molecule has 3 aliphatic carbocycles. The zero-order chi connectivity index (χ0) is 17.5. The summed E-state index contributed by atoms with van der Waals surface area (Å²) in [6, 6.07) is 0. The van der Waals surface area contributed by atoms with Crippen LogP contribution in [0.15, 0.2) is 22.8 Å². The van der Waals surface area contributed by atoms with E-state index in [-0.39, 0.29) is 11.4 Å². The third-order valence-electron chi connectivity index (χ3n) is 7.38. The molecule has 0 saturated heterocycles. The van der Waals surface area contributed by atoms with Gasteiger partial charge in [-0.05, 0) is 75.2 Å². The lowest BCUT2D eigenvalue weighted by Gasteiger charge is -2.59. The highest BCUT2D eigenvalue weighted by Crippen LogP contribution is 2.63. The smallest absolute Gasteiger partial charge is 0.302 e. The Morgan fingerprint density at radius 3 is 2.58 bits per heavy atom. The average Bonchev–Trinajstić information content (AvgIpc) is 2.52. The second-order valence-electron chi connectivity index (χ2n) is 9.22. The SMILES string of the molecule is CC(=O)OCC1(C)CCCC2(C)C3CCC(=C(C)C)C=C3CCC12. The molecule has 3 rings (SSSR count). The van der Waals surface area contributed by atoms with Crippen molar-refractivity contribution in [1.29, 1.82) is 0 Å². The van der Waals surface area contributed by atoms with Gasteiger partial charge in [0.05, 0.1) is 6.61 Å². The van der Waals surface area contributed by atoms with Crippen LogP contribution in [-0.2, 0) is 9.53 Å². The van der Waals surface area contributed by atoms with Crippen molar-refractivity contribution < 1.29 is 9.53 Å². The Kier molecular flexibility index (Phi) is 4.70. The zero-order valence-corrected chi connectivity index (χ0v) is 16.2. The van der Waals surface area contributed by atoms with Crippen molar-refractivity contribution in [2.45, 2.75) is 79.6 Å². The standard InChI is InChI=1S/C22H34O2/c1-15(2)17-7-9-19-18(13-17)8-10-20-21(4,14-24-16(3)23)11-6-12-22(19,20)5/h13,19-20H,6-12,14H2,1-5H3. The number of fused-ring (bicyclic) bond motifs is 3. The van der Waals surface area contributed by atoms with Crippen LogP contribution in [0.1, 0.15) is 79.6 Å². The highest BCUT2D eigenvalue weighted by atomic mass is 16.5. The maximum atomic E-state index is 11.4. The topological polar surface area (TPSA) is 26.3 Å². The van der Waals surface area contributed by atoms with Gasteiger partial charge in [-0.15, -0.1) is 0 Å². The summed E-state index contributed by atoms with van der Waals surface area (Å²) in [5.41, 5.74) is 5.29. The molecule has 0 aromatic heterocycles. The maximum absolute atomic E-state index is 11.4. The summed E-state index contributed by atoms with van der Waals surface area (Å²) in [6.07, 6.45) is 11.4. The summed E-state index contributed by atoms with van der Waals surface area (Å²) < 4.78 is 5.50. The monoisotopic (exact) mass is 330 g/mol. The van der Waals surface area contributed by atoms with Crippen LogP contribution < -0.4 is 0 Å². The van der Waals surface area contributed by atoms with Crippen molar-refractivity contribution in [3.63, 3.8) is 0 Å². The number of carbonyl (C=O) groups excluding carboxylic acids is 1. The predicted octanol–water partition coefficient (Wildman–Crippen LogP) is 5.83. The van der Waals surface area contributed by atoms with Gasteiger partial charge in [0, 0.05) is 12.3 Å². The molecule has 0 aromatic rings. The molecule has 0 spiro atoms. The van der Waals surface area contributed by atoms with E-state index in [1.807, 2.05) is 0 Å². The quantitative estimate of drug-likeness (QED) is 0.595. The molecule has 2 saturated carbocycles. The Morgan fingerprint density at radius 2 is 1.92 bits per heavy atom. The van der Waals surface area contributed by atoms with Gasteiger partial charge >= 0.3 is 5.97 Å². The Bertz CT molecular complexity index is 581. The number of rotatable bonds is 2. The predicted molar refractivity (Wildman–Crippen MR) is 98.6 cm³/mol. The maximum Gasteiger partial charge on any atom is 0.302 e. The number of carbonyl (C=O) groups is 1. The fraction of sp³-hybridized carbons (Fsp3) is 0.773. The van der Waals surface area contributed by atoms with Crippen LogP contribution in [0.2, 0.25) is 0 Å². The van der Waals surface area contributed by atoms with Gasteiger partial charge < -0.3 is 4.74 Å². The highest BCUT2D eigenvalue weighted by molar-refractivity contribution is 5.65. The molecular formula is C22H34O2. The largest absolute Gasteiger partial charge is 0.465 e. The third-order valence-corrected chi connectivity index (χ3v) is 7.38. The van der Waals surface area contributed by atoms with Crippen molar-refractivity contribution in [2.24, 2.45) is 22.7 Å². The molecule has 0 amide bonds. The molecule has 24 heavy (non-hydrogen) atoms. The molecule has 2 heteroatoms. The van der Waals surface area contributed by atoms with Crippen molar-refractivity contribution in [3.8, 4) is 0 Å². The first-order valence-electron chi connectivity index (χ1n) is 9.76. The molecule has 4 unspecified atom stereocenters. The van der Waals surface area contributed by atoms with E-state index in [9.17, 15) is 4.79 Å². The third kappa shape index (κ3) is 2.97. The fourth-order valence-corrected chi connectivity index (χ4v) is 6.14. The molecular weight excluding hydrogens is 296 g/mol. The van der Waals surface area contributed by atoms with Crippen LogP contribution in [0.4, 0.5) is 0 Å². The Morgan fingerprint density at radius 1 is 1.17 bits per heavy atom. The van der Waals surface area contributed by atoms with E-state index in [1.54, 1.807) is 11.1 Å². The van der Waals surface area contributed by atoms with Crippen LogP contribution in [0, 0.1) is 22.7 Å². The summed E-state index contributed by atoms with van der Waals surface area (Å²) in [4.78, 5) is 11.4. The molecule has 2 nitrogen and oxygen atoms in total. The minimum Gasteiger partial charge on any atom is -0.465 e. The first-order chi connectivity index (χ1) is 11.3. The lowest BCUT2D eigenvalue weighted by atomic mass is 9.46. The number of allylic oxidation sites excluding steroid dienone is 4. The van der Waals surface area contributed by atoms with E-state index in [1.165, 1.54) is 57.4 Å². The van der Waals surface area contributed by atoms with Gasteiger partial charge in [0.25, 0.3) is 0 Å². The van der Waals surface area contributed by atoms with E-state index in [2.05, 4.69) is 33.8 Å². The molecule has 0 aromatic carbocycles. The summed E-state index contributed by atoms with van der Waals surface area (Å²) in [6.45, 7) is 11.5. The van der Waals surface area contributed by atoms with Gasteiger partial charge in [0.2, 0.25) is 0 Å². The van der Waals surface area contributed by atoms with Crippen molar-refractivity contribution in [1.82, 2.24) is 0 Å². The lowest BCUT2D eigenvalue weighted by Crippen LogP contribution is -2.52. The average molecular weight is 331 g/mol. The Labute approximate surface area is 147 Å². The summed E-state index contributed by atoms with van der Waals surface area (Å²) in [5.74, 6) is 1.27. The molecule has 4 atom stereocenters. The zero-order valence-electron chi connectivity index (χ0n) is 16.2. The summed E-state index contributed by atoms with van der Waals surface area (Å²) >= 11 is 0. The van der Waals surface area contributed by atoms with Crippen LogP contribution in [0.25, 0.3) is 0 Å². The van der Waals surface area contributed by atoms with E-state index >= 15 is 0 Å². The van der Waals surface area contributed by atoms with E-state index in [0.717, 1.165) is 5.92 Å². The van der Waals surface area contributed by atoms with Crippen LogP contribution in [0.3, 0.4) is 0 Å².